The van der Waals surface area contributed by atoms with Crippen LogP contribution in [0.25, 0.3) is 0 Å². The summed E-state index contributed by atoms with van der Waals surface area (Å²) in [5.41, 5.74) is 2.07. The summed E-state index contributed by atoms with van der Waals surface area (Å²) in [4.78, 5) is 24.2. The first-order valence-corrected chi connectivity index (χ1v) is 9.53. The Kier molecular flexibility index (Phi) is 9.07. The van der Waals surface area contributed by atoms with Crippen LogP contribution in [0.5, 0.6) is 5.75 Å². The molecule has 0 aliphatic heterocycles. The number of anilines is 1. The van der Waals surface area contributed by atoms with Crippen LogP contribution in [0.1, 0.15) is 22.3 Å². The van der Waals surface area contributed by atoms with Crippen molar-refractivity contribution < 1.29 is 19.1 Å². The summed E-state index contributed by atoms with van der Waals surface area (Å²) in [5.74, 6) is 0.362. The third kappa shape index (κ3) is 7.89. The van der Waals surface area contributed by atoms with E-state index in [1.807, 2.05) is 12.1 Å². The monoisotopic (exact) mass is 415 g/mol. The van der Waals surface area contributed by atoms with E-state index in [0.717, 1.165) is 17.7 Å². The van der Waals surface area contributed by atoms with Crippen LogP contribution in [0.3, 0.4) is 0 Å². The van der Waals surface area contributed by atoms with Crippen molar-refractivity contribution in [2.45, 2.75) is 12.8 Å². The number of methoxy groups -OCH3 is 2. The molecule has 0 saturated carbocycles. The van der Waals surface area contributed by atoms with Gasteiger partial charge in [-0.3, -0.25) is 9.59 Å². The molecule has 0 bridgehead atoms. The van der Waals surface area contributed by atoms with Gasteiger partial charge >= 0.3 is 0 Å². The predicted molar refractivity (Wildman–Crippen MR) is 116 cm³/mol. The van der Waals surface area contributed by atoms with Gasteiger partial charge in [0.25, 0.3) is 5.91 Å². The lowest BCUT2D eigenvalue weighted by molar-refractivity contribution is -0.119. The van der Waals surface area contributed by atoms with Crippen LogP contribution < -0.4 is 20.7 Å². The van der Waals surface area contributed by atoms with E-state index in [2.05, 4.69) is 16.0 Å². The van der Waals surface area contributed by atoms with Gasteiger partial charge in [-0.25, -0.2) is 0 Å². The van der Waals surface area contributed by atoms with E-state index in [1.54, 1.807) is 50.6 Å². The van der Waals surface area contributed by atoms with Gasteiger partial charge in [-0.05, 0) is 60.6 Å². The van der Waals surface area contributed by atoms with Gasteiger partial charge < -0.3 is 25.4 Å². The highest BCUT2D eigenvalue weighted by Gasteiger charge is 2.08. The molecule has 2 rings (SSSR count). The van der Waals surface area contributed by atoms with Crippen molar-refractivity contribution in [2.24, 2.45) is 0 Å². The molecule has 0 saturated heterocycles. The maximum Gasteiger partial charge on any atom is 0.251 e. The molecule has 0 aliphatic rings. The first-order chi connectivity index (χ1) is 14.0. The summed E-state index contributed by atoms with van der Waals surface area (Å²) in [6.07, 6.45) is 0.959. The number of hydrogen-bond acceptors (Lipinski definition) is 5. The second kappa shape index (κ2) is 11.8. The van der Waals surface area contributed by atoms with Gasteiger partial charge in [0.15, 0.2) is 5.11 Å². The Labute approximate surface area is 175 Å². The molecule has 0 radical (unpaired) electrons. The second-order valence-electron chi connectivity index (χ2n) is 6.21. The molecule has 0 fully saturated rings. The average Bonchev–Trinajstić information content (AvgIpc) is 2.72. The Hall–Kier alpha value is -2.97. The van der Waals surface area contributed by atoms with Crippen molar-refractivity contribution in [3.8, 4) is 5.75 Å². The minimum Gasteiger partial charge on any atom is -0.497 e. The summed E-state index contributed by atoms with van der Waals surface area (Å²) >= 11 is 5.18. The van der Waals surface area contributed by atoms with Crippen LogP contribution in [0.2, 0.25) is 0 Å². The van der Waals surface area contributed by atoms with Crippen molar-refractivity contribution in [1.29, 1.82) is 0 Å². The fourth-order valence-corrected chi connectivity index (χ4v) is 2.72. The summed E-state index contributed by atoms with van der Waals surface area (Å²) < 4.78 is 10.0. The highest BCUT2D eigenvalue weighted by atomic mass is 32.1. The van der Waals surface area contributed by atoms with Gasteiger partial charge in [-0.2, -0.15) is 0 Å². The lowest BCUT2D eigenvalue weighted by atomic mass is 10.1. The molecule has 2 aromatic carbocycles. The highest BCUT2D eigenvalue weighted by Crippen LogP contribution is 2.12. The van der Waals surface area contributed by atoms with Gasteiger partial charge in [0.05, 0.1) is 13.5 Å². The Balaban J connectivity index is 1.79. The van der Waals surface area contributed by atoms with Crippen LogP contribution in [-0.4, -0.2) is 44.3 Å². The molecule has 0 aliphatic carbocycles. The number of hydrogen-bond donors (Lipinski definition) is 3. The van der Waals surface area contributed by atoms with Gasteiger partial charge in [0.2, 0.25) is 5.91 Å². The first-order valence-electron chi connectivity index (χ1n) is 9.13. The predicted octanol–water partition coefficient (Wildman–Crippen LogP) is 2.52. The first kappa shape index (κ1) is 22.3. The minimum absolute atomic E-state index is 0.150. The van der Waals surface area contributed by atoms with Crippen LogP contribution >= 0.6 is 12.2 Å². The quantitative estimate of drug-likeness (QED) is 0.431. The van der Waals surface area contributed by atoms with E-state index in [9.17, 15) is 9.59 Å². The van der Waals surface area contributed by atoms with Crippen LogP contribution in [0, 0.1) is 0 Å². The largest absolute Gasteiger partial charge is 0.497 e. The molecule has 2 aromatic rings. The lowest BCUT2D eigenvalue weighted by Crippen LogP contribution is -2.35. The lowest BCUT2D eigenvalue weighted by Gasteiger charge is -2.11. The highest BCUT2D eigenvalue weighted by molar-refractivity contribution is 7.80. The number of nitrogens with one attached hydrogen (secondary N) is 3. The molecule has 0 atom stereocenters. The van der Waals surface area contributed by atoms with E-state index in [1.165, 1.54) is 0 Å². The Morgan fingerprint density at radius 3 is 2.31 bits per heavy atom. The average molecular weight is 416 g/mol. The summed E-state index contributed by atoms with van der Waals surface area (Å²) in [7, 11) is 3.22. The van der Waals surface area contributed by atoms with Crippen LogP contribution in [0.15, 0.2) is 48.5 Å². The maximum absolute atomic E-state index is 12.1. The maximum atomic E-state index is 12.1. The molecule has 7 nitrogen and oxygen atoms in total. The topological polar surface area (TPSA) is 88.7 Å². The van der Waals surface area contributed by atoms with Crippen molar-refractivity contribution in [2.75, 3.05) is 32.7 Å². The molecule has 0 aromatic heterocycles. The second-order valence-corrected chi connectivity index (χ2v) is 6.62. The Morgan fingerprint density at radius 1 is 1.00 bits per heavy atom. The fourth-order valence-electron chi connectivity index (χ4n) is 2.49. The number of ether oxygens (including phenoxy) is 2. The smallest absolute Gasteiger partial charge is 0.251 e. The zero-order valence-corrected chi connectivity index (χ0v) is 17.3. The summed E-state index contributed by atoms with van der Waals surface area (Å²) in [6, 6.07) is 14.1. The Morgan fingerprint density at radius 2 is 1.69 bits per heavy atom. The number of thiocarbonyl (C=S) groups is 1. The van der Waals surface area contributed by atoms with E-state index in [0.29, 0.717) is 24.4 Å². The van der Waals surface area contributed by atoms with Crippen molar-refractivity contribution in [1.82, 2.24) is 10.6 Å². The van der Waals surface area contributed by atoms with Gasteiger partial charge in [0, 0.05) is 31.5 Å². The third-order valence-corrected chi connectivity index (χ3v) is 4.20. The SMILES string of the molecule is COCCCNC(=O)c1ccc(NC(=S)NC(=O)Cc2ccc(OC)cc2)cc1. The molecule has 29 heavy (non-hydrogen) atoms. The number of carbonyl (C=O) groups is 2. The summed E-state index contributed by atoms with van der Waals surface area (Å²) in [5, 5.41) is 8.59. The summed E-state index contributed by atoms with van der Waals surface area (Å²) in [6.45, 7) is 1.15. The van der Waals surface area contributed by atoms with Crippen LogP contribution in [-0.2, 0) is 16.0 Å². The van der Waals surface area contributed by atoms with Crippen LogP contribution in [0.4, 0.5) is 5.69 Å². The van der Waals surface area contributed by atoms with Gasteiger partial charge in [0.1, 0.15) is 5.75 Å². The number of rotatable bonds is 9. The molecular formula is C21H25N3O4S. The van der Waals surface area contributed by atoms with Crippen molar-refractivity contribution in [3.63, 3.8) is 0 Å². The number of benzene rings is 2. The number of amides is 2. The van der Waals surface area contributed by atoms with E-state index < -0.39 is 0 Å². The molecule has 0 spiro atoms. The molecule has 3 N–H and O–H groups in total. The fraction of sp³-hybridized carbons (Fsp3) is 0.286. The number of carbonyl (C=O) groups excluding carboxylic acids is 2. The normalized spacial score (nSPS) is 10.1. The minimum atomic E-state index is -0.222. The Bertz CT molecular complexity index is 823. The molecule has 0 unspecified atom stereocenters. The van der Waals surface area contributed by atoms with E-state index in [-0.39, 0.29) is 23.3 Å². The van der Waals surface area contributed by atoms with Gasteiger partial charge in [-0.1, -0.05) is 12.1 Å². The zero-order chi connectivity index (χ0) is 21.1. The molecule has 154 valence electrons. The van der Waals surface area contributed by atoms with E-state index in [4.69, 9.17) is 21.7 Å². The van der Waals surface area contributed by atoms with E-state index >= 15 is 0 Å². The third-order valence-electron chi connectivity index (χ3n) is 3.99. The molecule has 8 heteroatoms. The molecule has 0 heterocycles. The standard InChI is InChI=1S/C21H25N3O4S/c1-27-13-3-12-22-20(26)16-6-8-17(9-7-16)23-21(29)24-19(25)14-15-4-10-18(28-2)11-5-15/h4-11H,3,12-14H2,1-2H3,(H,22,26)(H2,23,24,25,29). The zero-order valence-electron chi connectivity index (χ0n) is 16.5. The molecule has 2 amide bonds. The van der Waals surface area contributed by atoms with Crippen molar-refractivity contribution >= 4 is 34.8 Å². The van der Waals surface area contributed by atoms with Gasteiger partial charge in [-0.15, -0.1) is 0 Å². The van der Waals surface area contributed by atoms with Crippen molar-refractivity contribution in [3.05, 3.63) is 59.7 Å². The molecular weight excluding hydrogens is 390 g/mol.